The van der Waals surface area contributed by atoms with Gasteiger partial charge in [0.2, 0.25) is 0 Å². The molecule has 21 heavy (non-hydrogen) atoms. The molecule has 1 aromatic heterocycles. The van der Waals surface area contributed by atoms with Gasteiger partial charge in [0.15, 0.2) is 29.1 Å². The number of anilines is 3. The summed E-state index contributed by atoms with van der Waals surface area (Å²) in [4.78, 5) is 3.66. The molecule has 0 fully saturated rings. The first-order chi connectivity index (χ1) is 9.93. The first kappa shape index (κ1) is 15.1. The van der Waals surface area contributed by atoms with Crippen LogP contribution in [0.5, 0.6) is 0 Å². The van der Waals surface area contributed by atoms with Gasteiger partial charge in [-0.15, -0.1) is 0 Å². The average Bonchev–Trinajstić information content (AvgIpc) is 2.44. The fraction of sp³-hybridized carbons (Fsp3) is 0.214. The van der Waals surface area contributed by atoms with E-state index in [2.05, 4.69) is 15.6 Å². The summed E-state index contributed by atoms with van der Waals surface area (Å²) in [7, 11) is 0. The van der Waals surface area contributed by atoms with Gasteiger partial charge >= 0.3 is 0 Å². The molecule has 0 aliphatic rings. The summed E-state index contributed by atoms with van der Waals surface area (Å²) < 4.78 is 54.6. The highest BCUT2D eigenvalue weighted by Gasteiger charge is 2.16. The summed E-state index contributed by atoms with van der Waals surface area (Å²) in [6, 6.07) is 2.90. The Morgan fingerprint density at radius 2 is 1.67 bits per heavy atom. The van der Waals surface area contributed by atoms with Crippen LogP contribution in [0.4, 0.5) is 34.9 Å². The van der Waals surface area contributed by atoms with E-state index in [0.717, 1.165) is 6.07 Å². The Morgan fingerprint density at radius 3 is 2.33 bits per heavy atom. The van der Waals surface area contributed by atoms with Gasteiger partial charge in [-0.3, -0.25) is 0 Å². The second-order valence-corrected chi connectivity index (χ2v) is 4.36. The molecule has 2 aromatic rings. The van der Waals surface area contributed by atoms with Crippen LogP contribution in [0.15, 0.2) is 18.2 Å². The topological polar surface area (TPSA) is 37.0 Å². The summed E-state index contributed by atoms with van der Waals surface area (Å²) in [5.74, 6) is -4.34. The zero-order chi connectivity index (χ0) is 15.6. The number of hydrogen-bond acceptors (Lipinski definition) is 3. The van der Waals surface area contributed by atoms with Gasteiger partial charge in [0.1, 0.15) is 11.5 Å². The van der Waals surface area contributed by atoms with Crippen molar-refractivity contribution in [3.05, 3.63) is 47.0 Å². The Hall–Kier alpha value is -2.31. The van der Waals surface area contributed by atoms with E-state index in [4.69, 9.17) is 0 Å². The summed E-state index contributed by atoms with van der Waals surface area (Å²) in [5.41, 5.74) is -0.344. The van der Waals surface area contributed by atoms with Crippen LogP contribution < -0.4 is 10.6 Å². The monoisotopic (exact) mass is 299 g/mol. The van der Waals surface area contributed by atoms with E-state index in [9.17, 15) is 17.6 Å². The van der Waals surface area contributed by atoms with Gasteiger partial charge in [0.25, 0.3) is 0 Å². The summed E-state index contributed by atoms with van der Waals surface area (Å²) in [6.45, 7) is 3.51. The Morgan fingerprint density at radius 1 is 1.00 bits per heavy atom. The number of pyridine rings is 1. The van der Waals surface area contributed by atoms with Crippen molar-refractivity contribution in [2.45, 2.75) is 13.8 Å². The highest BCUT2D eigenvalue weighted by atomic mass is 19.1. The molecular formula is C14H13F4N3. The predicted octanol–water partition coefficient (Wildman–Crippen LogP) is 4.12. The number of aromatic nitrogens is 1. The number of hydrogen-bond donors (Lipinski definition) is 2. The van der Waals surface area contributed by atoms with Crippen molar-refractivity contribution in [2.75, 3.05) is 17.2 Å². The molecule has 0 aliphatic heterocycles. The van der Waals surface area contributed by atoms with E-state index < -0.39 is 34.8 Å². The van der Waals surface area contributed by atoms with Crippen LogP contribution in [0.3, 0.4) is 0 Å². The Balaban J connectivity index is 2.44. The largest absolute Gasteiger partial charge is 0.368 e. The zero-order valence-corrected chi connectivity index (χ0v) is 11.4. The van der Waals surface area contributed by atoms with Crippen LogP contribution in [-0.4, -0.2) is 11.5 Å². The van der Waals surface area contributed by atoms with Gasteiger partial charge < -0.3 is 10.6 Å². The minimum atomic E-state index is -1.05. The second kappa shape index (κ2) is 5.99. The third-order valence-electron chi connectivity index (χ3n) is 2.80. The van der Waals surface area contributed by atoms with Crippen molar-refractivity contribution in [2.24, 2.45) is 0 Å². The average molecular weight is 299 g/mol. The first-order valence-electron chi connectivity index (χ1n) is 6.25. The van der Waals surface area contributed by atoms with Gasteiger partial charge in [-0.2, -0.15) is 0 Å². The lowest BCUT2D eigenvalue weighted by atomic mass is 10.2. The first-order valence-corrected chi connectivity index (χ1v) is 6.25. The minimum absolute atomic E-state index is 0.188. The lowest BCUT2D eigenvalue weighted by Crippen LogP contribution is -2.08. The molecular weight excluding hydrogens is 286 g/mol. The number of rotatable bonds is 4. The summed E-state index contributed by atoms with van der Waals surface area (Å²) in [6.07, 6.45) is 0. The molecule has 7 heteroatoms. The third kappa shape index (κ3) is 3.07. The SMILES string of the molecule is CCNc1nc(Nc2c(F)ccc(C)c2F)c(F)cc1F. The number of halogens is 4. The van der Waals surface area contributed by atoms with Crippen LogP contribution >= 0.6 is 0 Å². The molecule has 2 N–H and O–H groups in total. The lowest BCUT2D eigenvalue weighted by molar-refractivity contribution is 0.574. The van der Waals surface area contributed by atoms with Crippen molar-refractivity contribution in [1.82, 2.24) is 4.98 Å². The van der Waals surface area contributed by atoms with E-state index in [1.54, 1.807) is 6.92 Å². The second-order valence-electron chi connectivity index (χ2n) is 4.36. The van der Waals surface area contributed by atoms with Crippen molar-refractivity contribution >= 4 is 17.3 Å². The Kier molecular flexibility index (Phi) is 4.30. The molecule has 0 bridgehead atoms. The molecule has 3 nitrogen and oxygen atoms in total. The normalized spacial score (nSPS) is 10.6. The van der Waals surface area contributed by atoms with Crippen LogP contribution in [-0.2, 0) is 0 Å². The fourth-order valence-electron chi connectivity index (χ4n) is 1.74. The molecule has 112 valence electrons. The van der Waals surface area contributed by atoms with Crippen molar-refractivity contribution < 1.29 is 17.6 Å². The summed E-state index contributed by atoms with van der Waals surface area (Å²) >= 11 is 0. The van der Waals surface area contributed by atoms with E-state index in [0.29, 0.717) is 12.6 Å². The third-order valence-corrected chi connectivity index (χ3v) is 2.80. The molecule has 1 aromatic carbocycles. The van der Waals surface area contributed by atoms with Crippen molar-refractivity contribution in [3.8, 4) is 0 Å². The van der Waals surface area contributed by atoms with E-state index in [-0.39, 0.29) is 11.4 Å². The molecule has 2 rings (SSSR count). The van der Waals surface area contributed by atoms with Gasteiger partial charge in [-0.1, -0.05) is 6.07 Å². The molecule has 0 saturated carbocycles. The van der Waals surface area contributed by atoms with E-state index >= 15 is 0 Å². The maximum Gasteiger partial charge on any atom is 0.169 e. The smallest absolute Gasteiger partial charge is 0.169 e. The van der Waals surface area contributed by atoms with Gasteiger partial charge in [-0.25, -0.2) is 22.5 Å². The molecule has 0 spiro atoms. The Labute approximate surface area is 119 Å². The number of nitrogens with one attached hydrogen (secondary N) is 2. The highest BCUT2D eigenvalue weighted by molar-refractivity contribution is 5.61. The van der Waals surface area contributed by atoms with Crippen LogP contribution in [0.2, 0.25) is 0 Å². The minimum Gasteiger partial charge on any atom is -0.368 e. The van der Waals surface area contributed by atoms with Gasteiger partial charge in [0, 0.05) is 12.6 Å². The number of nitrogens with zero attached hydrogens (tertiary/aromatic N) is 1. The van der Waals surface area contributed by atoms with Crippen molar-refractivity contribution in [1.29, 1.82) is 0 Å². The van der Waals surface area contributed by atoms with E-state index in [1.807, 2.05) is 0 Å². The molecule has 1 heterocycles. The van der Waals surface area contributed by atoms with Crippen LogP contribution in [0.25, 0.3) is 0 Å². The maximum atomic E-state index is 13.9. The van der Waals surface area contributed by atoms with Gasteiger partial charge in [0.05, 0.1) is 0 Å². The quantitative estimate of drug-likeness (QED) is 0.834. The Bertz CT molecular complexity index is 674. The zero-order valence-electron chi connectivity index (χ0n) is 11.4. The number of benzene rings is 1. The molecule has 0 aliphatic carbocycles. The molecule has 0 unspecified atom stereocenters. The van der Waals surface area contributed by atoms with Crippen LogP contribution in [0, 0.1) is 30.2 Å². The molecule has 0 atom stereocenters. The summed E-state index contributed by atoms with van der Waals surface area (Å²) in [5, 5.41) is 4.82. The molecule has 0 amide bonds. The lowest BCUT2D eigenvalue weighted by Gasteiger charge is -2.12. The number of aryl methyl sites for hydroxylation is 1. The standard InChI is InChI=1S/C14H13F4N3/c1-3-19-13-9(16)6-10(17)14(21-13)20-12-8(15)5-4-7(2)11(12)18/h4-6H,3H2,1-2H3,(H2,19,20,21). The maximum absolute atomic E-state index is 13.9. The van der Waals surface area contributed by atoms with Crippen LogP contribution in [0.1, 0.15) is 12.5 Å². The molecule has 0 saturated heterocycles. The van der Waals surface area contributed by atoms with Gasteiger partial charge in [-0.05, 0) is 25.5 Å². The predicted molar refractivity (Wildman–Crippen MR) is 72.7 cm³/mol. The van der Waals surface area contributed by atoms with Crippen molar-refractivity contribution in [3.63, 3.8) is 0 Å². The fourth-order valence-corrected chi connectivity index (χ4v) is 1.74. The molecule has 0 radical (unpaired) electrons. The van der Waals surface area contributed by atoms with E-state index in [1.165, 1.54) is 13.0 Å². The highest BCUT2D eigenvalue weighted by Crippen LogP contribution is 2.27.